The average molecular weight is 532 g/mol. The van der Waals surface area contributed by atoms with Gasteiger partial charge in [0.05, 0.1) is 6.61 Å². The molecule has 9 heteroatoms. The molecule has 3 rings (SSSR count). The van der Waals surface area contributed by atoms with E-state index in [1.54, 1.807) is 6.07 Å². The second-order valence-electron chi connectivity index (χ2n) is 9.60. The maximum Gasteiger partial charge on any atom is 0.407 e. The third kappa shape index (κ3) is 8.71. The van der Waals surface area contributed by atoms with Crippen molar-refractivity contribution in [1.29, 1.82) is 0 Å². The molecule has 3 N–H and O–H groups in total. The molecule has 1 saturated heterocycles. The van der Waals surface area contributed by atoms with Crippen LogP contribution < -0.4 is 10.6 Å². The molecule has 0 spiro atoms. The van der Waals surface area contributed by atoms with E-state index in [1.165, 1.54) is 11.9 Å². The van der Waals surface area contributed by atoms with E-state index in [-0.39, 0.29) is 25.1 Å². The summed E-state index contributed by atoms with van der Waals surface area (Å²) in [6.45, 7) is 4.50. The normalized spacial score (nSPS) is 17.1. The van der Waals surface area contributed by atoms with Crippen molar-refractivity contribution in [1.82, 2.24) is 15.5 Å². The summed E-state index contributed by atoms with van der Waals surface area (Å²) in [6.07, 6.45) is 1.66. The zero-order valence-electron chi connectivity index (χ0n) is 21.8. The lowest BCUT2D eigenvalue weighted by Crippen LogP contribution is -2.41. The summed E-state index contributed by atoms with van der Waals surface area (Å²) in [6, 6.07) is 13.1. The van der Waals surface area contributed by atoms with Gasteiger partial charge in [-0.2, -0.15) is 0 Å². The van der Waals surface area contributed by atoms with Crippen molar-refractivity contribution < 1.29 is 24.2 Å². The number of carbonyl (C=O) groups is 2. The van der Waals surface area contributed by atoms with Crippen LogP contribution in [-0.4, -0.2) is 75.1 Å². The molecule has 0 aliphatic carbocycles. The molecule has 2 aromatic rings. The monoisotopic (exact) mass is 531 g/mol. The van der Waals surface area contributed by atoms with Crippen LogP contribution in [0.2, 0.25) is 5.02 Å². The summed E-state index contributed by atoms with van der Waals surface area (Å²) in [5, 5.41) is 16.1. The number of likely N-dealkylation sites (N-methyl/N-ethyl adjacent to an activating group) is 2. The topological polar surface area (TPSA) is 100 Å². The van der Waals surface area contributed by atoms with Gasteiger partial charge >= 0.3 is 6.09 Å². The zero-order chi connectivity index (χ0) is 26.8. The Morgan fingerprint density at radius 3 is 2.78 bits per heavy atom. The van der Waals surface area contributed by atoms with Crippen LogP contribution in [-0.2, 0) is 9.47 Å². The Labute approximate surface area is 224 Å². The summed E-state index contributed by atoms with van der Waals surface area (Å²) >= 11 is 6.29. The van der Waals surface area contributed by atoms with Crippen molar-refractivity contribution in [2.45, 2.75) is 38.3 Å². The highest BCUT2D eigenvalue weighted by molar-refractivity contribution is 6.30. The molecule has 8 nitrogen and oxygen atoms in total. The van der Waals surface area contributed by atoms with E-state index in [4.69, 9.17) is 26.2 Å². The lowest BCUT2D eigenvalue weighted by Gasteiger charge is -2.26. The number of aryl methyl sites for hydroxylation is 1. The van der Waals surface area contributed by atoms with Gasteiger partial charge in [-0.3, -0.25) is 4.79 Å². The smallest absolute Gasteiger partial charge is 0.407 e. The molecule has 37 heavy (non-hydrogen) atoms. The van der Waals surface area contributed by atoms with E-state index in [2.05, 4.69) is 10.6 Å². The van der Waals surface area contributed by atoms with E-state index >= 15 is 0 Å². The highest BCUT2D eigenvalue weighted by Crippen LogP contribution is 2.31. The fourth-order valence-corrected chi connectivity index (χ4v) is 4.70. The van der Waals surface area contributed by atoms with Crippen molar-refractivity contribution >= 4 is 23.6 Å². The third-order valence-electron chi connectivity index (χ3n) is 6.80. The number of amides is 2. The molecule has 3 atom stereocenters. The molecule has 0 saturated carbocycles. The summed E-state index contributed by atoms with van der Waals surface area (Å²) < 4.78 is 11.8. The fourth-order valence-electron chi connectivity index (χ4n) is 4.52. The zero-order valence-corrected chi connectivity index (χ0v) is 22.6. The van der Waals surface area contributed by atoms with Crippen LogP contribution in [0.25, 0.3) is 0 Å². The van der Waals surface area contributed by atoms with E-state index in [0.29, 0.717) is 23.0 Å². The molecule has 2 aromatic carbocycles. The first-order valence-corrected chi connectivity index (χ1v) is 13.1. The molecule has 0 radical (unpaired) electrons. The van der Waals surface area contributed by atoms with Crippen LogP contribution in [0.5, 0.6) is 0 Å². The number of halogens is 1. The highest BCUT2D eigenvalue weighted by atomic mass is 35.5. The van der Waals surface area contributed by atoms with Crippen LogP contribution in [0.15, 0.2) is 42.5 Å². The Morgan fingerprint density at radius 2 is 2.08 bits per heavy atom. The van der Waals surface area contributed by atoms with Gasteiger partial charge < -0.3 is 30.1 Å². The van der Waals surface area contributed by atoms with E-state index in [1.807, 2.05) is 50.4 Å². The molecule has 1 unspecified atom stereocenters. The molecule has 1 aliphatic rings. The van der Waals surface area contributed by atoms with E-state index < -0.39 is 12.2 Å². The maximum absolute atomic E-state index is 13.1. The SMILES string of the molecule is CN[C@@H](CNC(=O)c1cccc(C(OCCN(C)C(=O)O)c2cc(Cl)ccc2C)c1)C[C@H]1CCCOC1. The van der Waals surface area contributed by atoms with Crippen LogP contribution in [0.4, 0.5) is 4.79 Å². The number of carboxylic acid groups (broad SMARTS) is 1. The predicted octanol–water partition coefficient (Wildman–Crippen LogP) is 4.50. The quantitative estimate of drug-likeness (QED) is 0.373. The van der Waals surface area contributed by atoms with Crippen molar-refractivity contribution in [3.8, 4) is 0 Å². The van der Waals surface area contributed by atoms with Gasteiger partial charge in [-0.1, -0.05) is 29.8 Å². The molecule has 2 amide bonds. The molecule has 1 aliphatic heterocycles. The largest absolute Gasteiger partial charge is 0.465 e. The highest BCUT2D eigenvalue weighted by Gasteiger charge is 2.22. The number of benzene rings is 2. The Hall–Kier alpha value is -2.65. The number of carbonyl (C=O) groups excluding carboxylic acids is 1. The standard InChI is InChI=1S/C28H38ClN3O5/c1-19-9-10-23(29)16-25(19)26(37-13-11-32(3)28(34)35)21-7-4-8-22(15-21)27(33)31-17-24(30-2)14-20-6-5-12-36-18-20/h4,7-10,15-16,20,24,26,30H,5-6,11-14,17-18H2,1-3H3,(H,31,33)(H,34,35)/t20-,24-,26?/m1/s1. The number of hydrogen-bond donors (Lipinski definition) is 3. The first kappa shape index (κ1) is 28.9. The second-order valence-corrected chi connectivity index (χ2v) is 10.0. The van der Waals surface area contributed by atoms with Gasteiger partial charge in [0.2, 0.25) is 0 Å². The van der Waals surface area contributed by atoms with Gasteiger partial charge in [0, 0.05) is 50.0 Å². The molecule has 0 aromatic heterocycles. The van der Waals surface area contributed by atoms with Crippen molar-refractivity contribution in [3.63, 3.8) is 0 Å². The van der Waals surface area contributed by atoms with Crippen LogP contribution in [0.1, 0.15) is 52.4 Å². The van der Waals surface area contributed by atoms with Gasteiger partial charge in [0.15, 0.2) is 0 Å². The lowest BCUT2D eigenvalue weighted by atomic mass is 9.94. The van der Waals surface area contributed by atoms with E-state index in [9.17, 15) is 9.59 Å². The number of rotatable bonds is 12. The minimum absolute atomic E-state index is 0.158. The molecule has 0 bridgehead atoms. The van der Waals surface area contributed by atoms with E-state index in [0.717, 1.165) is 49.2 Å². The van der Waals surface area contributed by atoms with Crippen molar-refractivity contribution in [2.75, 3.05) is 47.0 Å². The molecule has 1 fully saturated rings. The molecule has 1 heterocycles. The first-order valence-electron chi connectivity index (χ1n) is 12.7. The molecular formula is C28H38ClN3O5. The summed E-state index contributed by atoms with van der Waals surface area (Å²) in [5.74, 6) is 0.347. The van der Waals surface area contributed by atoms with Gasteiger partial charge in [0.25, 0.3) is 5.91 Å². The minimum Gasteiger partial charge on any atom is -0.465 e. The van der Waals surface area contributed by atoms with Crippen molar-refractivity contribution in [3.05, 3.63) is 69.7 Å². The first-order chi connectivity index (χ1) is 17.8. The Kier molecular flexibility index (Phi) is 11.2. The number of hydrogen-bond acceptors (Lipinski definition) is 5. The van der Waals surface area contributed by atoms with Gasteiger partial charge in [-0.05, 0) is 80.1 Å². The summed E-state index contributed by atoms with van der Waals surface area (Å²) in [7, 11) is 3.41. The Balaban J connectivity index is 1.72. The average Bonchev–Trinajstić information content (AvgIpc) is 2.90. The number of nitrogens with one attached hydrogen (secondary N) is 2. The van der Waals surface area contributed by atoms with Gasteiger partial charge in [-0.25, -0.2) is 4.79 Å². The predicted molar refractivity (Wildman–Crippen MR) is 144 cm³/mol. The lowest BCUT2D eigenvalue weighted by molar-refractivity contribution is 0.0478. The summed E-state index contributed by atoms with van der Waals surface area (Å²) in [5.41, 5.74) is 3.18. The van der Waals surface area contributed by atoms with Gasteiger partial charge in [0.1, 0.15) is 6.10 Å². The third-order valence-corrected chi connectivity index (χ3v) is 7.04. The van der Waals surface area contributed by atoms with Crippen LogP contribution in [0.3, 0.4) is 0 Å². The Morgan fingerprint density at radius 1 is 1.27 bits per heavy atom. The second kappa shape index (κ2) is 14.3. The van der Waals surface area contributed by atoms with Crippen LogP contribution >= 0.6 is 11.6 Å². The van der Waals surface area contributed by atoms with Crippen LogP contribution in [0, 0.1) is 12.8 Å². The molecular weight excluding hydrogens is 494 g/mol. The van der Waals surface area contributed by atoms with Crippen molar-refractivity contribution in [2.24, 2.45) is 5.92 Å². The maximum atomic E-state index is 13.1. The fraction of sp³-hybridized carbons (Fsp3) is 0.500. The summed E-state index contributed by atoms with van der Waals surface area (Å²) in [4.78, 5) is 25.4. The Bertz CT molecular complexity index is 1040. The number of ether oxygens (including phenoxy) is 2. The molecule has 202 valence electrons. The number of nitrogens with zero attached hydrogens (tertiary/aromatic N) is 1. The van der Waals surface area contributed by atoms with Gasteiger partial charge in [-0.15, -0.1) is 0 Å². The minimum atomic E-state index is -1.02.